The third-order valence-electron chi connectivity index (χ3n) is 3.52. The number of benzene rings is 1. The SMILES string of the molecule is CCCNC1(C#N)CCN(Cc2ccccc2)C1. The van der Waals surface area contributed by atoms with Gasteiger partial charge in [0.2, 0.25) is 0 Å². The molecule has 0 radical (unpaired) electrons. The molecule has 18 heavy (non-hydrogen) atoms. The number of hydrogen-bond donors (Lipinski definition) is 1. The molecule has 1 heterocycles. The van der Waals surface area contributed by atoms with E-state index < -0.39 is 0 Å². The number of likely N-dealkylation sites (tertiary alicyclic amines) is 1. The van der Waals surface area contributed by atoms with E-state index in [1.54, 1.807) is 0 Å². The first-order valence-corrected chi connectivity index (χ1v) is 6.70. The van der Waals surface area contributed by atoms with Crippen LogP contribution in [-0.4, -0.2) is 30.1 Å². The summed E-state index contributed by atoms with van der Waals surface area (Å²) in [6.07, 6.45) is 2.00. The molecule has 0 spiro atoms. The van der Waals surface area contributed by atoms with E-state index in [-0.39, 0.29) is 5.54 Å². The maximum absolute atomic E-state index is 9.39. The molecule has 1 fully saturated rings. The van der Waals surface area contributed by atoms with Crippen LogP contribution >= 0.6 is 0 Å². The highest BCUT2D eigenvalue weighted by Gasteiger charge is 2.37. The van der Waals surface area contributed by atoms with Crippen LogP contribution in [0.3, 0.4) is 0 Å². The number of rotatable bonds is 5. The zero-order valence-electron chi connectivity index (χ0n) is 11.0. The molecule has 3 heteroatoms. The topological polar surface area (TPSA) is 39.1 Å². The molecule has 2 rings (SSSR count). The Bertz CT molecular complexity index is 409. The van der Waals surface area contributed by atoms with Crippen LogP contribution in [0.4, 0.5) is 0 Å². The standard InChI is InChI=1S/C15H21N3/c1-2-9-17-15(12-16)8-10-18(13-15)11-14-6-4-3-5-7-14/h3-7,17H,2,8-11,13H2,1H3. The van der Waals surface area contributed by atoms with Gasteiger partial charge in [0.15, 0.2) is 0 Å². The van der Waals surface area contributed by atoms with Gasteiger partial charge in [-0.3, -0.25) is 10.2 Å². The fourth-order valence-corrected chi connectivity index (χ4v) is 2.50. The summed E-state index contributed by atoms with van der Waals surface area (Å²) in [5.41, 5.74) is 0.992. The molecule has 0 aliphatic carbocycles. The molecule has 1 aromatic carbocycles. The van der Waals surface area contributed by atoms with Gasteiger partial charge < -0.3 is 0 Å². The van der Waals surface area contributed by atoms with Gasteiger partial charge in [-0.15, -0.1) is 0 Å². The largest absolute Gasteiger partial charge is 0.298 e. The molecule has 0 bridgehead atoms. The van der Waals surface area contributed by atoms with Crippen LogP contribution in [0.25, 0.3) is 0 Å². The first-order chi connectivity index (χ1) is 8.78. The normalized spacial score (nSPS) is 24.0. The molecule has 96 valence electrons. The summed E-state index contributed by atoms with van der Waals surface area (Å²) in [7, 11) is 0. The first kappa shape index (κ1) is 13.1. The Morgan fingerprint density at radius 1 is 1.39 bits per heavy atom. The van der Waals surface area contributed by atoms with Gasteiger partial charge in [0.05, 0.1) is 6.07 Å². The smallest absolute Gasteiger partial charge is 0.120 e. The van der Waals surface area contributed by atoms with Gasteiger partial charge in [-0.05, 0) is 24.9 Å². The van der Waals surface area contributed by atoms with E-state index in [1.165, 1.54) is 5.56 Å². The van der Waals surface area contributed by atoms with Gasteiger partial charge in [0.25, 0.3) is 0 Å². The molecule has 1 aliphatic rings. The summed E-state index contributed by atoms with van der Waals surface area (Å²) in [5.74, 6) is 0. The van der Waals surface area contributed by atoms with Crippen LogP contribution in [0.5, 0.6) is 0 Å². The Morgan fingerprint density at radius 3 is 2.83 bits per heavy atom. The fraction of sp³-hybridized carbons (Fsp3) is 0.533. The van der Waals surface area contributed by atoms with Gasteiger partial charge in [-0.25, -0.2) is 0 Å². The van der Waals surface area contributed by atoms with Crippen molar-refractivity contribution >= 4 is 0 Å². The molecule has 0 aromatic heterocycles. The van der Waals surface area contributed by atoms with Gasteiger partial charge >= 0.3 is 0 Å². The lowest BCUT2D eigenvalue weighted by Gasteiger charge is -2.23. The van der Waals surface area contributed by atoms with E-state index in [9.17, 15) is 5.26 Å². The van der Waals surface area contributed by atoms with E-state index in [1.807, 2.05) is 6.07 Å². The van der Waals surface area contributed by atoms with Crippen molar-refractivity contribution in [3.8, 4) is 6.07 Å². The molecule has 1 atom stereocenters. The molecule has 3 nitrogen and oxygen atoms in total. The summed E-state index contributed by atoms with van der Waals surface area (Å²) >= 11 is 0. The maximum Gasteiger partial charge on any atom is 0.120 e. The Hall–Kier alpha value is -1.37. The summed E-state index contributed by atoms with van der Waals surface area (Å²) in [6.45, 7) is 5.83. The van der Waals surface area contributed by atoms with Crippen LogP contribution < -0.4 is 5.32 Å². The second-order valence-corrected chi connectivity index (χ2v) is 5.07. The molecule has 1 aromatic rings. The van der Waals surface area contributed by atoms with Crippen molar-refractivity contribution in [3.63, 3.8) is 0 Å². The van der Waals surface area contributed by atoms with Gasteiger partial charge in [-0.1, -0.05) is 37.3 Å². The zero-order valence-corrected chi connectivity index (χ0v) is 11.0. The lowest BCUT2D eigenvalue weighted by atomic mass is 10.0. The Balaban J connectivity index is 1.93. The molecule has 1 aliphatic heterocycles. The summed E-state index contributed by atoms with van der Waals surface area (Å²) in [5, 5.41) is 12.8. The highest BCUT2D eigenvalue weighted by molar-refractivity contribution is 5.17. The number of hydrogen-bond acceptors (Lipinski definition) is 3. The van der Waals surface area contributed by atoms with E-state index in [2.05, 4.69) is 47.5 Å². The lowest BCUT2D eigenvalue weighted by Crippen LogP contribution is -2.46. The van der Waals surface area contributed by atoms with E-state index in [0.717, 1.165) is 39.0 Å². The predicted octanol–water partition coefficient (Wildman–Crippen LogP) is 2.15. The monoisotopic (exact) mass is 243 g/mol. The first-order valence-electron chi connectivity index (χ1n) is 6.70. The second-order valence-electron chi connectivity index (χ2n) is 5.07. The van der Waals surface area contributed by atoms with Crippen molar-refractivity contribution < 1.29 is 0 Å². The average Bonchev–Trinajstić information content (AvgIpc) is 2.82. The minimum Gasteiger partial charge on any atom is -0.298 e. The average molecular weight is 243 g/mol. The lowest BCUT2D eigenvalue weighted by molar-refractivity contribution is 0.303. The summed E-state index contributed by atoms with van der Waals surface area (Å²) < 4.78 is 0. The minimum atomic E-state index is -0.329. The van der Waals surface area contributed by atoms with Crippen molar-refractivity contribution in [1.29, 1.82) is 5.26 Å². The molecular weight excluding hydrogens is 222 g/mol. The fourth-order valence-electron chi connectivity index (χ4n) is 2.50. The highest BCUT2D eigenvalue weighted by atomic mass is 15.2. The van der Waals surface area contributed by atoms with Crippen LogP contribution in [0.1, 0.15) is 25.3 Å². The van der Waals surface area contributed by atoms with Crippen LogP contribution in [0.15, 0.2) is 30.3 Å². The Kier molecular flexibility index (Phi) is 4.35. The molecule has 1 unspecified atom stereocenters. The maximum atomic E-state index is 9.39. The minimum absolute atomic E-state index is 0.329. The van der Waals surface area contributed by atoms with Gasteiger partial charge in [0, 0.05) is 19.6 Å². The van der Waals surface area contributed by atoms with E-state index in [0.29, 0.717) is 0 Å². The van der Waals surface area contributed by atoms with Crippen molar-refractivity contribution in [2.45, 2.75) is 31.8 Å². The van der Waals surface area contributed by atoms with E-state index in [4.69, 9.17) is 0 Å². The summed E-state index contributed by atoms with van der Waals surface area (Å²) in [6, 6.07) is 12.9. The highest BCUT2D eigenvalue weighted by Crippen LogP contribution is 2.22. The summed E-state index contributed by atoms with van der Waals surface area (Å²) in [4.78, 5) is 2.36. The van der Waals surface area contributed by atoms with Crippen LogP contribution in [0, 0.1) is 11.3 Å². The zero-order chi connectivity index (χ0) is 12.8. The molecule has 0 saturated carbocycles. The third-order valence-corrected chi connectivity index (χ3v) is 3.52. The third kappa shape index (κ3) is 3.10. The van der Waals surface area contributed by atoms with Crippen LogP contribution in [-0.2, 0) is 6.54 Å². The van der Waals surface area contributed by atoms with Gasteiger partial charge in [0.1, 0.15) is 5.54 Å². The van der Waals surface area contributed by atoms with Crippen molar-refractivity contribution in [2.75, 3.05) is 19.6 Å². The van der Waals surface area contributed by atoms with Crippen molar-refractivity contribution in [2.24, 2.45) is 0 Å². The second kappa shape index (κ2) is 5.99. The Morgan fingerprint density at radius 2 is 2.17 bits per heavy atom. The van der Waals surface area contributed by atoms with Crippen molar-refractivity contribution in [3.05, 3.63) is 35.9 Å². The molecule has 0 amide bonds. The number of nitrogens with zero attached hydrogens (tertiary/aromatic N) is 2. The molecule has 1 N–H and O–H groups in total. The molecular formula is C15H21N3. The van der Waals surface area contributed by atoms with E-state index >= 15 is 0 Å². The predicted molar refractivity (Wildman–Crippen MR) is 73.0 cm³/mol. The number of nitriles is 1. The van der Waals surface area contributed by atoms with Gasteiger partial charge in [-0.2, -0.15) is 5.26 Å². The quantitative estimate of drug-likeness (QED) is 0.861. The van der Waals surface area contributed by atoms with Crippen molar-refractivity contribution in [1.82, 2.24) is 10.2 Å². The molecule has 1 saturated heterocycles. The Labute approximate surface area is 109 Å². The van der Waals surface area contributed by atoms with Crippen LogP contribution in [0.2, 0.25) is 0 Å². The number of nitrogens with one attached hydrogen (secondary N) is 1.